The minimum Gasteiger partial charge on any atom is -0.330 e. The predicted octanol–water partition coefficient (Wildman–Crippen LogP) is 2.48. The average Bonchev–Trinajstić information content (AvgIpc) is 2.17. The van der Waals surface area contributed by atoms with Gasteiger partial charge in [-0.15, -0.1) is 0 Å². The molecule has 14 heavy (non-hydrogen) atoms. The maximum Gasteiger partial charge on any atom is 0.0147 e. The van der Waals surface area contributed by atoms with Gasteiger partial charge in [0.2, 0.25) is 0 Å². The highest BCUT2D eigenvalue weighted by atomic mass is 15.2. The van der Waals surface area contributed by atoms with Crippen LogP contribution in [0.1, 0.15) is 47.5 Å². The summed E-state index contributed by atoms with van der Waals surface area (Å²) in [5.41, 5.74) is 6.37. The molecule has 0 aliphatic rings. The molecule has 0 heterocycles. The second-order valence-electron chi connectivity index (χ2n) is 5.39. The standard InChI is InChI=1S/C12H28N2/c1-7-11(3,4)14(6)10-12(5,8-2)9-13/h7-10,13H2,1-6H3. The summed E-state index contributed by atoms with van der Waals surface area (Å²) >= 11 is 0. The van der Waals surface area contributed by atoms with Crippen molar-refractivity contribution in [3.8, 4) is 0 Å². The van der Waals surface area contributed by atoms with Gasteiger partial charge in [0.05, 0.1) is 0 Å². The third-order valence-electron chi connectivity index (χ3n) is 3.86. The average molecular weight is 200 g/mol. The van der Waals surface area contributed by atoms with Gasteiger partial charge in [0.15, 0.2) is 0 Å². The van der Waals surface area contributed by atoms with Crippen molar-refractivity contribution in [3.05, 3.63) is 0 Å². The van der Waals surface area contributed by atoms with E-state index in [9.17, 15) is 0 Å². The predicted molar refractivity (Wildman–Crippen MR) is 64.5 cm³/mol. The summed E-state index contributed by atoms with van der Waals surface area (Å²) in [6.45, 7) is 13.2. The van der Waals surface area contributed by atoms with E-state index in [2.05, 4.69) is 46.6 Å². The maximum atomic E-state index is 5.82. The summed E-state index contributed by atoms with van der Waals surface area (Å²) < 4.78 is 0. The molecule has 1 unspecified atom stereocenters. The molecule has 0 aromatic rings. The smallest absolute Gasteiger partial charge is 0.0147 e. The quantitative estimate of drug-likeness (QED) is 0.714. The van der Waals surface area contributed by atoms with Gasteiger partial charge >= 0.3 is 0 Å². The lowest BCUT2D eigenvalue weighted by Crippen LogP contribution is -2.47. The van der Waals surface area contributed by atoms with Gasteiger partial charge in [0.1, 0.15) is 0 Å². The zero-order valence-corrected chi connectivity index (χ0v) is 10.9. The fourth-order valence-electron chi connectivity index (χ4n) is 1.38. The Morgan fingerprint density at radius 3 is 1.86 bits per heavy atom. The van der Waals surface area contributed by atoms with Crippen molar-refractivity contribution in [1.29, 1.82) is 0 Å². The molecule has 2 N–H and O–H groups in total. The van der Waals surface area contributed by atoms with Crippen molar-refractivity contribution in [2.24, 2.45) is 11.1 Å². The largest absolute Gasteiger partial charge is 0.330 e. The van der Waals surface area contributed by atoms with Gasteiger partial charge < -0.3 is 10.6 Å². The topological polar surface area (TPSA) is 29.3 Å². The van der Waals surface area contributed by atoms with Crippen LogP contribution in [0, 0.1) is 5.41 Å². The minimum absolute atomic E-state index is 0.265. The molecule has 0 bridgehead atoms. The van der Waals surface area contributed by atoms with E-state index in [1.54, 1.807) is 0 Å². The molecule has 0 amide bonds. The molecule has 0 saturated heterocycles. The number of hydrogen-bond donors (Lipinski definition) is 1. The van der Waals surface area contributed by atoms with Gasteiger partial charge in [-0.1, -0.05) is 20.8 Å². The van der Waals surface area contributed by atoms with Gasteiger partial charge in [-0.3, -0.25) is 0 Å². The van der Waals surface area contributed by atoms with E-state index in [0.29, 0.717) is 0 Å². The zero-order chi connectivity index (χ0) is 11.4. The minimum atomic E-state index is 0.265. The monoisotopic (exact) mass is 200 g/mol. The fourth-order valence-corrected chi connectivity index (χ4v) is 1.38. The van der Waals surface area contributed by atoms with E-state index in [0.717, 1.165) is 19.5 Å². The van der Waals surface area contributed by atoms with Gasteiger partial charge in [-0.2, -0.15) is 0 Å². The van der Waals surface area contributed by atoms with E-state index >= 15 is 0 Å². The van der Waals surface area contributed by atoms with Gasteiger partial charge in [-0.25, -0.2) is 0 Å². The SMILES string of the molecule is CCC(C)(CN)CN(C)C(C)(C)CC. The summed E-state index contributed by atoms with van der Waals surface area (Å²) in [6.07, 6.45) is 2.32. The second kappa shape index (κ2) is 5.13. The third-order valence-corrected chi connectivity index (χ3v) is 3.86. The van der Waals surface area contributed by atoms with Gasteiger partial charge in [0, 0.05) is 12.1 Å². The van der Waals surface area contributed by atoms with Crippen molar-refractivity contribution in [1.82, 2.24) is 4.90 Å². The molecule has 0 aromatic carbocycles. The van der Waals surface area contributed by atoms with E-state index in [-0.39, 0.29) is 11.0 Å². The lowest BCUT2D eigenvalue weighted by Gasteiger charge is -2.41. The molecule has 0 spiro atoms. The van der Waals surface area contributed by atoms with Gasteiger partial charge in [-0.05, 0) is 45.7 Å². The van der Waals surface area contributed by atoms with E-state index in [1.807, 2.05) is 0 Å². The van der Waals surface area contributed by atoms with Crippen molar-refractivity contribution in [2.45, 2.75) is 53.0 Å². The Morgan fingerprint density at radius 1 is 1.07 bits per heavy atom. The molecule has 1 atom stereocenters. The third kappa shape index (κ3) is 3.58. The second-order valence-corrected chi connectivity index (χ2v) is 5.39. The van der Waals surface area contributed by atoms with E-state index < -0.39 is 0 Å². The Balaban J connectivity index is 4.36. The summed E-state index contributed by atoms with van der Waals surface area (Å²) in [5.74, 6) is 0. The van der Waals surface area contributed by atoms with Crippen molar-refractivity contribution in [2.75, 3.05) is 20.1 Å². The molecule has 0 fully saturated rings. The zero-order valence-electron chi connectivity index (χ0n) is 10.9. The first kappa shape index (κ1) is 13.9. The van der Waals surface area contributed by atoms with Crippen LogP contribution in [0.2, 0.25) is 0 Å². The fraction of sp³-hybridized carbons (Fsp3) is 1.00. The Kier molecular flexibility index (Phi) is 5.10. The number of rotatable bonds is 6. The molecule has 0 aliphatic carbocycles. The van der Waals surface area contributed by atoms with Crippen LogP contribution >= 0.6 is 0 Å². The summed E-state index contributed by atoms with van der Waals surface area (Å²) in [6, 6.07) is 0. The Hall–Kier alpha value is -0.0800. The molecule has 2 nitrogen and oxygen atoms in total. The molecule has 0 aromatic heterocycles. The number of nitrogens with two attached hydrogens (primary N) is 1. The van der Waals surface area contributed by atoms with Crippen molar-refractivity contribution in [3.63, 3.8) is 0 Å². The van der Waals surface area contributed by atoms with Crippen LogP contribution in [0.3, 0.4) is 0 Å². The Labute approximate surface area is 89.9 Å². The molecular formula is C12H28N2. The molecule has 86 valence electrons. The highest BCUT2D eigenvalue weighted by Gasteiger charge is 2.28. The first-order valence-electron chi connectivity index (χ1n) is 5.72. The van der Waals surface area contributed by atoms with Crippen LogP contribution < -0.4 is 5.73 Å². The van der Waals surface area contributed by atoms with Crippen molar-refractivity contribution < 1.29 is 0 Å². The van der Waals surface area contributed by atoms with Crippen LogP contribution in [-0.2, 0) is 0 Å². The lowest BCUT2D eigenvalue weighted by atomic mass is 9.85. The molecular weight excluding hydrogens is 172 g/mol. The van der Waals surface area contributed by atoms with Crippen molar-refractivity contribution >= 4 is 0 Å². The molecule has 0 radical (unpaired) electrons. The summed E-state index contributed by atoms with van der Waals surface area (Å²) in [7, 11) is 2.20. The maximum absolute atomic E-state index is 5.82. The number of hydrogen-bond acceptors (Lipinski definition) is 2. The Bertz CT molecular complexity index is 160. The van der Waals surface area contributed by atoms with Crippen LogP contribution in [-0.4, -0.2) is 30.6 Å². The molecule has 0 saturated carbocycles. The van der Waals surface area contributed by atoms with Gasteiger partial charge in [0.25, 0.3) is 0 Å². The molecule has 0 aliphatic heterocycles. The highest BCUT2D eigenvalue weighted by Crippen LogP contribution is 2.25. The highest BCUT2D eigenvalue weighted by molar-refractivity contribution is 4.84. The Morgan fingerprint density at radius 2 is 1.57 bits per heavy atom. The summed E-state index contributed by atoms with van der Waals surface area (Å²) in [4.78, 5) is 2.43. The van der Waals surface area contributed by atoms with Crippen LogP contribution in [0.15, 0.2) is 0 Å². The van der Waals surface area contributed by atoms with E-state index in [4.69, 9.17) is 5.73 Å². The van der Waals surface area contributed by atoms with Crippen LogP contribution in [0.25, 0.3) is 0 Å². The van der Waals surface area contributed by atoms with E-state index in [1.165, 1.54) is 6.42 Å². The molecule has 2 heteroatoms. The summed E-state index contributed by atoms with van der Waals surface area (Å²) in [5, 5.41) is 0. The first-order chi connectivity index (χ1) is 6.31. The molecule has 0 rings (SSSR count). The first-order valence-corrected chi connectivity index (χ1v) is 5.72. The van der Waals surface area contributed by atoms with Crippen LogP contribution in [0.4, 0.5) is 0 Å². The lowest BCUT2D eigenvalue weighted by molar-refractivity contribution is 0.0913. The number of nitrogens with zero attached hydrogens (tertiary/aromatic N) is 1. The normalized spacial score (nSPS) is 17.1. The van der Waals surface area contributed by atoms with Crippen LogP contribution in [0.5, 0.6) is 0 Å².